The van der Waals surface area contributed by atoms with Gasteiger partial charge in [-0.1, -0.05) is 0 Å². The number of halogens is 4. The van der Waals surface area contributed by atoms with Crippen molar-refractivity contribution in [2.24, 2.45) is 0 Å². The van der Waals surface area contributed by atoms with E-state index in [1.165, 1.54) is 0 Å². The van der Waals surface area contributed by atoms with E-state index in [2.05, 4.69) is 0 Å². The smallest absolute Gasteiger partial charge is 0.377 e. The van der Waals surface area contributed by atoms with Gasteiger partial charge in [0.15, 0.2) is 6.67 Å². The van der Waals surface area contributed by atoms with E-state index in [4.69, 9.17) is 5.11 Å². The maximum Gasteiger partial charge on any atom is 0.377 e. The molecule has 0 saturated carbocycles. The van der Waals surface area contributed by atoms with Gasteiger partial charge in [0.05, 0.1) is 0 Å². The number of alkyl halides is 3. The number of aliphatic carboxylic acids is 1. The molecule has 0 radical (unpaired) electrons. The van der Waals surface area contributed by atoms with E-state index in [0.717, 1.165) is 0 Å². The van der Waals surface area contributed by atoms with Crippen LogP contribution < -0.4 is 0 Å². The fraction of sp³-hybridized carbons (Fsp3) is 0.667. The molecular weight excluding hydrogens is 144 g/mol. The van der Waals surface area contributed by atoms with E-state index in [-0.39, 0.29) is 4.70 Å². The lowest BCUT2D eigenvalue weighted by Gasteiger charge is -2.02. The molecule has 0 aliphatic carbocycles. The first-order valence-corrected chi connectivity index (χ1v) is 1.68. The maximum atomic E-state index is 11.3. The van der Waals surface area contributed by atoms with E-state index in [0.29, 0.717) is 0 Å². The third-order valence-electron chi connectivity index (χ3n) is 0.481. The molecule has 0 aromatic rings. The Morgan fingerprint density at radius 3 is 1.89 bits per heavy atom. The second-order valence-electron chi connectivity index (χ2n) is 1.14. The third kappa shape index (κ3) is 2.89. The molecule has 0 spiro atoms. The number of carbonyl (C=O) groups is 1. The minimum Gasteiger partial charge on any atom is -0.477 e. The molecule has 0 fully saturated rings. The molecule has 6 heteroatoms. The van der Waals surface area contributed by atoms with Gasteiger partial charge in [0.1, 0.15) is 0 Å². The van der Waals surface area contributed by atoms with Crippen LogP contribution in [-0.4, -0.2) is 23.7 Å². The van der Waals surface area contributed by atoms with E-state index in [1.54, 1.807) is 0 Å². The Bertz CT molecular complexity index is 102. The summed E-state index contributed by atoms with van der Waals surface area (Å²) in [6.45, 7) is -2.15. The van der Waals surface area contributed by atoms with Crippen LogP contribution in [0.3, 0.4) is 0 Å². The van der Waals surface area contributed by atoms with Gasteiger partial charge in [-0.15, -0.1) is 0 Å². The molecule has 0 amide bonds. The van der Waals surface area contributed by atoms with Crippen LogP contribution in [0.5, 0.6) is 0 Å². The molecule has 2 nitrogen and oxygen atoms in total. The van der Waals surface area contributed by atoms with Gasteiger partial charge in [0.25, 0.3) is 0 Å². The Labute approximate surface area is 47.7 Å². The number of rotatable bonds is 2. The van der Waals surface area contributed by atoms with Crippen LogP contribution in [0, 0.1) is 0 Å². The van der Waals surface area contributed by atoms with Gasteiger partial charge in [-0.3, -0.25) is 4.70 Å². The lowest BCUT2D eigenvalue weighted by atomic mass is 10.4. The molecule has 0 aromatic heterocycles. The molecule has 0 atom stereocenters. The zero-order valence-electron chi connectivity index (χ0n) is 4.10. The largest absolute Gasteiger partial charge is 0.477 e. The number of carboxylic acid groups (broad SMARTS) is 1. The Hall–Kier alpha value is -0.810. The Kier molecular flexibility index (Phi) is 4.00. The lowest BCUT2D eigenvalue weighted by Crippen LogP contribution is -2.30. The van der Waals surface area contributed by atoms with Crippen molar-refractivity contribution >= 4 is 5.97 Å². The van der Waals surface area contributed by atoms with Crippen LogP contribution in [0.4, 0.5) is 17.9 Å². The van der Waals surface area contributed by atoms with Gasteiger partial charge in [-0.25, -0.2) is 9.18 Å². The predicted molar refractivity (Wildman–Crippen MR) is 21.1 cm³/mol. The topological polar surface area (TPSA) is 37.3 Å². The van der Waals surface area contributed by atoms with E-state index < -0.39 is 18.6 Å². The Morgan fingerprint density at radius 2 is 1.89 bits per heavy atom. The highest BCUT2D eigenvalue weighted by atomic mass is 19.3. The summed E-state index contributed by atoms with van der Waals surface area (Å²) in [5, 5.41) is 7.45. The van der Waals surface area contributed by atoms with Gasteiger partial charge in [0, 0.05) is 0 Å². The zero-order chi connectivity index (χ0) is 6.78. The molecule has 9 heavy (non-hydrogen) atoms. The molecule has 0 bridgehead atoms. The van der Waals surface area contributed by atoms with E-state index in [1.807, 2.05) is 0 Å². The lowest BCUT2D eigenvalue weighted by molar-refractivity contribution is -0.166. The maximum absolute atomic E-state index is 11.3. The Balaban J connectivity index is 0. The summed E-state index contributed by atoms with van der Waals surface area (Å²) in [6, 6.07) is 0. The zero-order valence-corrected chi connectivity index (χ0v) is 4.10. The van der Waals surface area contributed by atoms with Gasteiger partial charge >= 0.3 is 11.9 Å². The SMILES string of the molecule is F.O=C(O)C(F)(F)CF. The van der Waals surface area contributed by atoms with Gasteiger partial charge < -0.3 is 5.11 Å². The quantitative estimate of drug-likeness (QED) is 0.589. The van der Waals surface area contributed by atoms with Gasteiger partial charge in [-0.2, -0.15) is 8.78 Å². The molecule has 0 unspecified atom stereocenters. The normalized spacial score (nSPS) is 10.1. The van der Waals surface area contributed by atoms with E-state index >= 15 is 0 Å². The first kappa shape index (κ1) is 11.0. The molecule has 0 aliphatic heterocycles. The number of hydrogen-bond acceptors (Lipinski definition) is 1. The average molecular weight is 148 g/mol. The number of hydrogen-bond donors (Lipinski definition) is 1. The highest BCUT2D eigenvalue weighted by Crippen LogP contribution is 2.12. The highest BCUT2D eigenvalue weighted by Gasteiger charge is 2.38. The average Bonchev–Trinajstić information content (AvgIpc) is 1.67. The van der Waals surface area contributed by atoms with E-state index in [9.17, 15) is 18.0 Å². The van der Waals surface area contributed by atoms with Gasteiger partial charge in [-0.05, 0) is 0 Å². The van der Waals surface area contributed by atoms with Crippen LogP contribution in [-0.2, 0) is 4.79 Å². The van der Waals surface area contributed by atoms with Crippen molar-refractivity contribution in [1.82, 2.24) is 0 Å². The van der Waals surface area contributed by atoms with Crippen molar-refractivity contribution in [2.75, 3.05) is 6.67 Å². The van der Waals surface area contributed by atoms with Crippen molar-refractivity contribution in [1.29, 1.82) is 0 Å². The standard InChI is InChI=1S/C3H3F3O2.FH/c4-1-3(5,6)2(7)8;/h1H2,(H,7,8);1H. The summed E-state index contributed by atoms with van der Waals surface area (Å²) < 4.78 is 33.5. The van der Waals surface area contributed by atoms with Crippen LogP contribution in [0.25, 0.3) is 0 Å². The molecule has 56 valence electrons. The summed E-state index contributed by atoms with van der Waals surface area (Å²) >= 11 is 0. The van der Waals surface area contributed by atoms with Crippen molar-refractivity contribution in [3.63, 3.8) is 0 Å². The fourth-order valence-corrected chi connectivity index (χ4v) is 0.0572. The molecule has 0 aliphatic rings. The van der Waals surface area contributed by atoms with Crippen molar-refractivity contribution in [3.05, 3.63) is 0 Å². The summed E-state index contributed by atoms with van der Waals surface area (Å²) in [4.78, 5) is 9.26. The molecule has 0 rings (SSSR count). The monoisotopic (exact) mass is 148 g/mol. The molecule has 1 N–H and O–H groups in total. The summed E-state index contributed by atoms with van der Waals surface area (Å²) in [7, 11) is 0. The number of carboxylic acids is 1. The van der Waals surface area contributed by atoms with Crippen LogP contribution in [0.1, 0.15) is 0 Å². The van der Waals surface area contributed by atoms with Crippen LogP contribution in [0.2, 0.25) is 0 Å². The van der Waals surface area contributed by atoms with Crippen LogP contribution >= 0.6 is 0 Å². The second-order valence-corrected chi connectivity index (χ2v) is 1.14. The van der Waals surface area contributed by atoms with Crippen molar-refractivity contribution in [2.45, 2.75) is 5.92 Å². The minimum absolute atomic E-state index is 0. The molecule has 0 heterocycles. The first-order valence-electron chi connectivity index (χ1n) is 1.68. The molecule has 0 saturated heterocycles. The van der Waals surface area contributed by atoms with Gasteiger partial charge in [0.2, 0.25) is 0 Å². The fourth-order valence-electron chi connectivity index (χ4n) is 0.0572. The third-order valence-corrected chi connectivity index (χ3v) is 0.481. The molecular formula is C3H4F4O2. The van der Waals surface area contributed by atoms with Crippen LogP contribution in [0.15, 0.2) is 0 Å². The van der Waals surface area contributed by atoms with Crippen molar-refractivity contribution in [3.8, 4) is 0 Å². The predicted octanol–water partition coefficient (Wildman–Crippen LogP) is 0.828. The summed E-state index contributed by atoms with van der Waals surface area (Å²) in [5.41, 5.74) is 0. The Morgan fingerprint density at radius 1 is 1.56 bits per heavy atom. The first-order chi connectivity index (χ1) is 3.50. The highest BCUT2D eigenvalue weighted by molar-refractivity contribution is 5.75. The summed E-state index contributed by atoms with van der Waals surface area (Å²) in [5.74, 6) is -6.64. The van der Waals surface area contributed by atoms with Crippen molar-refractivity contribution < 1.29 is 27.8 Å². The second kappa shape index (κ2) is 3.26. The minimum atomic E-state index is -4.21. The summed E-state index contributed by atoms with van der Waals surface area (Å²) in [6.07, 6.45) is 0. The molecule has 0 aromatic carbocycles.